The predicted octanol–water partition coefficient (Wildman–Crippen LogP) is 2.20. The highest BCUT2D eigenvalue weighted by atomic mass is 16.3. The van der Waals surface area contributed by atoms with E-state index in [2.05, 4.69) is 11.8 Å². The first-order valence-corrected chi connectivity index (χ1v) is 7.31. The van der Waals surface area contributed by atoms with E-state index < -0.39 is 0 Å². The van der Waals surface area contributed by atoms with Crippen molar-refractivity contribution in [2.24, 2.45) is 11.8 Å². The maximum atomic E-state index is 9.66. The molecule has 1 saturated carbocycles. The van der Waals surface area contributed by atoms with E-state index in [0.29, 0.717) is 23.5 Å². The molecule has 2 fully saturated rings. The first-order valence-electron chi connectivity index (χ1n) is 7.31. The molecule has 0 amide bonds. The van der Waals surface area contributed by atoms with E-state index in [1.807, 2.05) is 12.1 Å². The minimum atomic E-state index is -0.0494. The van der Waals surface area contributed by atoms with E-state index in [9.17, 15) is 10.2 Å². The van der Waals surface area contributed by atoms with Gasteiger partial charge in [-0.15, -0.1) is 0 Å². The van der Waals surface area contributed by atoms with Crippen molar-refractivity contribution in [2.45, 2.75) is 31.8 Å². The molecule has 3 heteroatoms. The maximum absolute atomic E-state index is 9.66. The fourth-order valence-electron chi connectivity index (χ4n) is 3.81. The number of aliphatic hydroxyl groups excluding tert-OH is 1. The zero-order valence-corrected chi connectivity index (χ0v) is 11.5. The summed E-state index contributed by atoms with van der Waals surface area (Å²) in [5.41, 5.74) is 1.29. The molecule has 2 unspecified atom stereocenters. The van der Waals surface area contributed by atoms with Crippen molar-refractivity contribution >= 4 is 0 Å². The molecule has 4 atom stereocenters. The van der Waals surface area contributed by atoms with Crippen molar-refractivity contribution in [3.63, 3.8) is 0 Å². The number of likely N-dealkylation sites (tertiary alicyclic amines) is 1. The van der Waals surface area contributed by atoms with Crippen LogP contribution < -0.4 is 0 Å². The van der Waals surface area contributed by atoms with Crippen LogP contribution in [-0.2, 0) is 0 Å². The Morgan fingerprint density at radius 3 is 2.32 bits per heavy atom. The van der Waals surface area contributed by atoms with Crippen LogP contribution in [0.2, 0.25) is 0 Å². The summed E-state index contributed by atoms with van der Waals surface area (Å²) < 4.78 is 0. The Morgan fingerprint density at radius 1 is 1.16 bits per heavy atom. The van der Waals surface area contributed by atoms with Crippen LogP contribution in [0.4, 0.5) is 0 Å². The van der Waals surface area contributed by atoms with Gasteiger partial charge in [0.25, 0.3) is 0 Å². The summed E-state index contributed by atoms with van der Waals surface area (Å²) in [5.74, 6) is 2.24. The third-order valence-corrected chi connectivity index (χ3v) is 4.80. The Kier molecular flexibility index (Phi) is 3.50. The molecule has 2 N–H and O–H groups in total. The van der Waals surface area contributed by atoms with Gasteiger partial charge in [-0.05, 0) is 48.3 Å². The Balaban J connectivity index is 1.56. The van der Waals surface area contributed by atoms with E-state index in [0.717, 1.165) is 32.5 Å². The third-order valence-electron chi connectivity index (χ3n) is 4.80. The SMILES string of the molecule is CC(CN1C[C@H]2CC(O)C[C@H]2C1)c1ccc(O)cc1. The van der Waals surface area contributed by atoms with Gasteiger partial charge in [0.1, 0.15) is 5.75 Å². The summed E-state index contributed by atoms with van der Waals surface area (Å²) in [6.45, 7) is 5.61. The molecule has 0 radical (unpaired) electrons. The molecule has 0 spiro atoms. The topological polar surface area (TPSA) is 43.7 Å². The van der Waals surface area contributed by atoms with Gasteiger partial charge in [-0.3, -0.25) is 0 Å². The fourth-order valence-corrected chi connectivity index (χ4v) is 3.81. The molecule has 1 aromatic rings. The van der Waals surface area contributed by atoms with E-state index in [4.69, 9.17) is 0 Å². The molecular formula is C16H23NO2. The molecular weight excluding hydrogens is 238 g/mol. The second-order valence-corrected chi connectivity index (χ2v) is 6.36. The van der Waals surface area contributed by atoms with Crippen molar-refractivity contribution in [3.05, 3.63) is 29.8 Å². The summed E-state index contributed by atoms with van der Waals surface area (Å²) >= 11 is 0. The fraction of sp³-hybridized carbons (Fsp3) is 0.625. The maximum Gasteiger partial charge on any atom is 0.115 e. The lowest BCUT2D eigenvalue weighted by atomic mass is 10.0. The van der Waals surface area contributed by atoms with Gasteiger partial charge in [0.05, 0.1) is 6.10 Å². The lowest BCUT2D eigenvalue weighted by molar-refractivity contribution is 0.161. The monoisotopic (exact) mass is 261 g/mol. The van der Waals surface area contributed by atoms with Crippen LogP contribution in [0.1, 0.15) is 31.2 Å². The van der Waals surface area contributed by atoms with Crippen LogP contribution in [0.3, 0.4) is 0 Å². The van der Waals surface area contributed by atoms with Crippen LogP contribution in [0.5, 0.6) is 5.75 Å². The highest BCUT2D eigenvalue weighted by Crippen LogP contribution is 2.38. The summed E-state index contributed by atoms with van der Waals surface area (Å²) in [6.07, 6.45) is 1.94. The van der Waals surface area contributed by atoms with E-state index in [-0.39, 0.29) is 6.10 Å². The first-order chi connectivity index (χ1) is 9.11. The molecule has 104 valence electrons. The van der Waals surface area contributed by atoms with Gasteiger partial charge in [-0.25, -0.2) is 0 Å². The minimum absolute atomic E-state index is 0.0494. The molecule has 0 aromatic heterocycles. The Morgan fingerprint density at radius 2 is 1.74 bits per heavy atom. The van der Waals surface area contributed by atoms with Crippen molar-refractivity contribution in [1.29, 1.82) is 0 Å². The number of fused-ring (bicyclic) bond motifs is 1. The average Bonchev–Trinajstić information content (AvgIpc) is 2.86. The van der Waals surface area contributed by atoms with Crippen LogP contribution in [0.25, 0.3) is 0 Å². The highest BCUT2D eigenvalue weighted by Gasteiger charge is 2.40. The number of hydrogen-bond donors (Lipinski definition) is 2. The van der Waals surface area contributed by atoms with Crippen LogP contribution >= 0.6 is 0 Å². The van der Waals surface area contributed by atoms with Gasteiger partial charge in [-0.2, -0.15) is 0 Å². The largest absolute Gasteiger partial charge is 0.508 e. The smallest absolute Gasteiger partial charge is 0.115 e. The average molecular weight is 261 g/mol. The molecule has 0 bridgehead atoms. The second-order valence-electron chi connectivity index (χ2n) is 6.36. The van der Waals surface area contributed by atoms with Crippen molar-refractivity contribution in [1.82, 2.24) is 4.90 Å². The van der Waals surface area contributed by atoms with E-state index >= 15 is 0 Å². The first kappa shape index (κ1) is 12.9. The number of benzene rings is 1. The van der Waals surface area contributed by atoms with Crippen molar-refractivity contribution in [2.75, 3.05) is 19.6 Å². The summed E-state index contributed by atoms with van der Waals surface area (Å²) in [6, 6.07) is 7.56. The van der Waals surface area contributed by atoms with Crippen molar-refractivity contribution < 1.29 is 10.2 Å². The number of phenols is 1. The highest BCUT2D eigenvalue weighted by molar-refractivity contribution is 5.28. The Bertz CT molecular complexity index is 417. The van der Waals surface area contributed by atoms with Gasteiger partial charge in [0.15, 0.2) is 0 Å². The molecule has 3 rings (SSSR count). The third kappa shape index (κ3) is 2.77. The molecule has 1 aliphatic carbocycles. The molecule has 1 heterocycles. The van der Waals surface area contributed by atoms with Crippen LogP contribution in [0, 0.1) is 11.8 Å². The number of phenolic OH excluding ortho intramolecular Hbond substituents is 1. The van der Waals surface area contributed by atoms with Gasteiger partial charge in [0.2, 0.25) is 0 Å². The van der Waals surface area contributed by atoms with E-state index in [1.165, 1.54) is 5.56 Å². The van der Waals surface area contributed by atoms with Crippen LogP contribution in [0.15, 0.2) is 24.3 Å². The molecule has 2 aliphatic rings. The number of aliphatic hydroxyl groups is 1. The van der Waals surface area contributed by atoms with Gasteiger partial charge in [-0.1, -0.05) is 19.1 Å². The lowest BCUT2D eigenvalue weighted by Gasteiger charge is -2.22. The number of rotatable bonds is 3. The molecule has 1 aromatic carbocycles. The molecule has 1 aliphatic heterocycles. The van der Waals surface area contributed by atoms with Gasteiger partial charge < -0.3 is 15.1 Å². The van der Waals surface area contributed by atoms with Gasteiger partial charge >= 0.3 is 0 Å². The predicted molar refractivity (Wildman–Crippen MR) is 75.2 cm³/mol. The quantitative estimate of drug-likeness (QED) is 0.876. The number of nitrogens with zero attached hydrogens (tertiary/aromatic N) is 1. The van der Waals surface area contributed by atoms with E-state index in [1.54, 1.807) is 12.1 Å². The zero-order valence-electron chi connectivity index (χ0n) is 11.5. The number of aromatic hydroxyl groups is 1. The summed E-state index contributed by atoms with van der Waals surface area (Å²) in [5, 5.41) is 19.0. The summed E-state index contributed by atoms with van der Waals surface area (Å²) in [4.78, 5) is 2.54. The minimum Gasteiger partial charge on any atom is -0.508 e. The standard InChI is InChI=1S/C16H23NO2/c1-11(12-2-4-15(18)5-3-12)8-17-9-13-6-16(19)7-14(13)10-17/h2-5,11,13-14,16,18-19H,6-10H2,1H3/t11?,13-,14+,16?. The number of hydrogen-bond acceptors (Lipinski definition) is 3. The molecule has 3 nitrogen and oxygen atoms in total. The van der Waals surface area contributed by atoms with Crippen LogP contribution in [-0.4, -0.2) is 40.9 Å². The van der Waals surface area contributed by atoms with Crippen molar-refractivity contribution in [3.8, 4) is 5.75 Å². The Labute approximate surface area is 114 Å². The molecule has 1 saturated heterocycles. The summed E-state index contributed by atoms with van der Waals surface area (Å²) in [7, 11) is 0. The lowest BCUT2D eigenvalue weighted by Crippen LogP contribution is -2.27. The normalized spacial score (nSPS) is 32.4. The second kappa shape index (κ2) is 5.14. The molecule has 19 heavy (non-hydrogen) atoms. The zero-order chi connectivity index (χ0) is 13.4. The van der Waals surface area contributed by atoms with Gasteiger partial charge in [0, 0.05) is 19.6 Å². The Hall–Kier alpha value is -1.06.